The van der Waals surface area contributed by atoms with E-state index in [2.05, 4.69) is 179 Å². The van der Waals surface area contributed by atoms with Gasteiger partial charge in [0.2, 0.25) is 0 Å². The Morgan fingerprint density at radius 3 is 1.85 bits per heavy atom. The van der Waals surface area contributed by atoms with Crippen LogP contribution in [0.25, 0.3) is 121 Å². The van der Waals surface area contributed by atoms with Gasteiger partial charge in [-0.1, -0.05) is 133 Å². The van der Waals surface area contributed by atoms with Crippen LogP contribution < -0.4 is 0 Å². The third kappa shape index (κ3) is 3.44. The summed E-state index contributed by atoms with van der Waals surface area (Å²) in [5.41, 5.74) is 13.9. The van der Waals surface area contributed by atoms with E-state index in [-0.39, 0.29) is 0 Å². The molecule has 1 aliphatic rings. The molecular weight excluding hydrogens is 645 g/mol. The maximum Gasteiger partial charge on any atom is 0.160 e. The fourth-order valence-electron chi connectivity index (χ4n) is 9.64. The average molecular weight is 673 g/mol. The van der Waals surface area contributed by atoms with Crippen LogP contribution in [0.2, 0.25) is 0 Å². The van der Waals surface area contributed by atoms with E-state index in [0.717, 1.165) is 38.8 Å². The standard InChI is InChI=1S/C50H28N2O/c1-2-14-32-29(10-1)11-9-20-43(32)52-48-39(40-26-27-41-35-16-4-6-21-45(35)53-50(41)49(40)52)25-24-38-34-15-3-5-19-44(34)51(47(38)48)31-22-23-33-36-17-7-12-30-13-8-18-37(46(30)36)42(33)28-31/h1-28H. The first-order chi connectivity index (χ1) is 26.3. The van der Waals surface area contributed by atoms with Crippen LogP contribution in [0.4, 0.5) is 0 Å². The molecule has 0 amide bonds. The van der Waals surface area contributed by atoms with Crippen molar-refractivity contribution in [2.24, 2.45) is 0 Å². The van der Waals surface area contributed by atoms with Gasteiger partial charge in [-0.15, -0.1) is 0 Å². The number of nitrogens with zero attached hydrogens (tertiary/aromatic N) is 2. The fraction of sp³-hybridized carbons (Fsp3) is 0. The van der Waals surface area contributed by atoms with Crippen molar-refractivity contribution < 1.29 is 4.42 Å². The third-order valence-corrected chi connectivity index (χ3v) is 11.8. The van der Waals surface area contributed by atoms with E-state index in [4.69, 9.17) is 4.42 Å². The van der Waals surface area contributed by atoms with E-state index in [1.807, 2.05) is 0 Å². The lowest BCUT2D eigenvalue weighted by Gasteiger charge is -2.15. The van der Waals surface area contributed by atoms with Crippen molar-refractivity contribution in [3.8, 4) is 33.6 Å². The molecule has 0 saturated heterocycles. The molecule has 0 spiro atoms. The van der Waals surface area contributed by atoms with E-state index in [0.29, 0.717) is 0 Å². The zero-order chi connectivity index (χ0) is 34.4. The van der Waals surface area contributed by atoms with Gasteiger partial charge < -0.3 is 13.6 Å². The molecule has 1 aliphatic carbocycles. The van der Waals surface area contributed by atoms with E-state index in [1.165, 1.54) is 81.9 Å². The van der Waals surface area contributed by atoms with Crippen LogP contribution in [0.15, 0.2) is 174 Å². The molecule has 0 N–H and O–H groups in total. The quantitative estimate of drug-likeness (QED) is 0.179. The first kappa shape index (κ1) is 27.6. The number of para-hydroxylation sites is 2. The lowest BCUT2D eigenvalue weighted by atomic mass is 10.0. The van der Waals surface area contributed by atoms with Crippen molar-refractivity contribution in [1.29, 1.82) is 0 Å². The van der Waals surface area contributed by atoms with Gasteiger partial charge in [-0.2, -0.15) is 0 Å². The highest BCUT2D eigenvalue weighted by Crippen LogP contribution is 2.50. The predicted molar refractivity (Wildman–Crippen MR) is 222 cm³/mol. The third-order valence-electron chi connectivity index (χ3n) is 11.8. The summed E-state index contributed by atoms with van der Waals surface area (Å²) in [4.78, 5) is 0. The molecule has 0 atom stereocenters. The van der Waals surface area contributed by atoms with Crippen molar-refractivity contribution in [3.63, 3.8) is 0 Å². The smallest absolute Gasteiger partial charge is 0.160 e. The second-order valence-electron chi connectivity index (χ2n) is 14.4. The number of furan rings is 1. The van der Waals surface area contributed by atoms with Crippen molar-refractivity contribution >= 4 is 87.1 Å². The molecule has 0 bridgehead atoms. The van der Waals surface area contributed by atoms with Gasteiger partial charge in [0.1, 0.15) is 5.58 Å². The topological polar surface area (TPSA) is 23.0 Å². The number of fused-ring (bicyclic) bond motifs is 15. The van der Waals surface area contributed by atoms with Gasteiger partial charge in [0, 0.05) is 43.4 Å². The minimum atomic E-state index is 0.901. The average Bonchev–Trinajstić information content (AvgIpc) is 3.95. The maximum absolute atomic E-state index is 6.84. The van der Waals surface area contributed by atoms with Crippen LogP contribution in [-0.2, 0) is 0 Å². The molecule has 3 nitrogen and oxygen atoms in total. The molecule has 12 aromatic rings. The Balaban J connectivity index is 1.24. The fourth-order valence-corrected chi connectivity index (χ4v) is 9.64. The molecule has 3 heteroatoms. The highest BCUT2D eigenvalue weighted by molar-refractivity contribution is 6.28. The molecule has 0 radical (unpaired) electrons. The Labute approximate surface area is 303 Å². The highest BCUT2D eigenvalue weighted by atomic mass is 16.3. The van der Waals surface area contributed by atoms with Crippen LogP contribution >= 0.6 is 0 Å². The van der Waals surface area contributed by atoms with Gasteiger partial charge in [0.05, 0.1) is 27.8 Å². The molecule has 3 heterocycles. The number of hydrogen-bond donors (Lipinski definition) is 0. The highest BCUT2D eigenvalue weighted by Gasteiger charge is 2.26. The molecule has 0 aliphatic heterocycles. The molecule has 0 saturated carbocycles. The second-order valence-corrected chi connectivity index (χ2v) is 14.4. The summed E-state index contributed by atoms with van der Waals surface area (Å²) in [7, 11) is 0. The van der Waals surface area contributed by atoms with Gasteiger partial charge in [0.25, 0.3) is 0 Å². The Hall–Kier alpha value is -7.10. The minimum Gasteiger partial charge on any atom is -0.454 e. The SMILES string of the molecule is c1ccc2c(-n3c4c(ccc5c6ccccc6oc54)c4ccc5c6ccccc6n(-c6ccc7c(c6)-c6cccc8cccc-7c68)c5c43)cccc2c1. The summed E-state index contributed by atoms with van der Waals surface area (Å²) >= 11 is 0. The number of aromatic nitrogens is 2. The predicted octanol–water partition coefficient (Wildman–Crippen LogP) is 13.7. The normalized spacial score (nSPS) is 12.5. The number of benzene rings is 9. The Bertz CT molecular complexity index is 3560. The lowest BCUT2D eigenvalue weighted by molar-refractivity contribution is 0.671. The largest absolute Gasteiger partial charge is 0.454 e. The molecular formula is C50H28N2O. The van der Waals surface area contributed by atoms with Crippen LogP contribution in [0, 0.1) is 0 Å². The Morgan fingerprint density at radius 1 is 0.358 bits per heavy atom. The van der Waals surface area contributed by atoms with Gasteiger partial charge in [-0.05, 0) is 74.8 Å². The zero-order valence-corrected chi connectivity index (χ0v) is 28.5. The Kier molecular flexibility index (Phi) is 5.11. The van der Waals surface area contributed by atoms with Crippen LogP contribution in [0.1, 0.15) is 0 Å². The summed E-state index contributed by atoms with van der Waals surface area (Å²) in [6.07, 6.45) is 0. The summed E-state index contributed by atoms with van der Waals surface area (Å²) in [6, 6.07) is 62.3. The van der Waals surface area contributed by atoms with Crippen molar-refractivity contribution in [2.45, 2.75) is 0 Å². The van der Waals surface area contributed by atoms with Gasteiger partial charge in [-0.3, -0.25) is 0 Å². The van der Waals surface area contributed by atoms with Gasteiger partial charge in [0.15, 0.2) is 5.58 Å². The van der Waals surface area contributed by atoms with Gasteiger partial charge >= 0.3 is 0 Å². The molecule has 244 valence electrons. The summed E-state index contributed by atoms with van der Waals surface area (Å²) < 4.78 is 11.8. The van der Waals surface area contributed by atoms with Crippen molar-refractivity contribution in [1.82, 2.24) is 9.13 Å². The summed E-state index contributed by atoms with van der Waals surface area (Å²) in [6.45, 7) is 0. The molecule has 13 rings (SSSR count). The molecule has 3 aromatic heterocycles. The zero-order valence-electron chi connectivity index (χ0n) is 28.5. The molecule has 9 aromatic carbocycles. The van der Waals surface area contributed by atoms with Crippen LogP contribution in [0.5, 0.6) is 0 Å². The Morgan fingerprint density at radius 2 is 0.981 bits per heavy atom. The van der Waals surface area contributed by atoms with Crippen LogP contribution in [-0.4, -0.2) is 9.13 Å². The first-order valence-corrected chi connectivity index (χ1v) is 18.3. The van der Waals surface area contributed by atoms with Crippen molar-refractivity contribution in [2.75, 3.05) is 0 Å². The summed E-state index contributed by atoms with van der Waals surface area (Å²) in [5, 5.41) is 12.1. The van der Waals surface area contributed by atoms with Crippen LogP contribution in [0.3, 0.4) is 0 Å². The minimum absolute atomic E-state index is 0.901. The van der Waals surface area contributed by atoms with E-state index in [1.54, 1.807) is 0 Å². The van der Waals surface area contributed by atoms with E-state index < -0.39 is 0 Å². The number of hydrogen-bond acceptors (Lipinski definition) is 1. The first-order valence-electron chi connectivity index (χ1n) is 18.3. The second kappa shape index (κ2) is 9.81. The monoisotopic (exact) mass is 672 g/mol. The molecule has 0 fully saturated rings. The molecule has 0 unspecified atom stereocenters. The summed E-state index contributed by atoms with van der Waals surface area (Å²) in [5.74, 6) is 0. The number of rotatable bonds is 2. The van der Waals surface area contributed by atoms with E-state index in [9.17, 15) is 0 Å². The van der Waals surface area contributed by atoms with Crippen molar-refractivity contribution in [3.05, 3.63) is 170 Å². The molecule has 53 heavy (non-hydrogen) atoms. The maximum atomic E-state index is 6.84. The van der Waals surface area contributed by atoms with Gasteiger partial charge in [-0.25, -0.2) is 0 Å². The van der Waals surface area contributed by atoms with E-state index >= 15 is 0 Å². The lowest BCUT2D eigenvalue weighted by Crippen LogP contribution is -2.00.